The third-order valence-corrected chi connectivity index (χ3v) is 13.1. The summed E-state index contributed by atoms with van der Waals surface area (Å²) in [5.41, 5.74) is 0. The lowest BCUT2D eigenvalue weighted by Gasteiger charge is -2.40. The topological polar surface area (TPSA) is 37.3 Å². The van der Waals surface area contributed by atoms with Crippen molar-refractivity contribution >= 4 is 5.97 Å². The molecule has 1 N–H and O–H groups in total. The van der Waals surface area contributed by atoms with Crippen LogP contribution >= 0.6 is 0 Å². The Morgan fingerprint density at radius 3 is 0.772 bits per heavy atom. The van der Waals surface area contributed by atoms with Gasteiger partial charge in [-0.1, -0.05) is 226 Å². The van der Waals surface area contributed by atoms with Crippen LogP contribution in [0.3, 0.4) is 0 Å². The summed E-state index contributed by atoms with van der Waals surface area (Å²) in [5, 5.41) is 8.76. The van der Waals surface area contributed by atoms with Gasteiger partial charge in [0.1, 0.15) is 0 Å². The highest BCUT2D eigenvalue weighted by Crippen LogP contribution is 2.22. The highest BCUT2D eigenvalue weighted by Gasteiger charge is 2.25. The summed E-state index contributed by atoms with van der Waals surface area (Å²) in [6.07, 6.45) is 65.1. The minimum Gasteiger partial charge on any atom is -0.481 e. The standard InChI is InChI=1S/C54H107NO2/c1-4-7-10-13-16-19-30-35-40-45-50-55(51-46-41-36-31-20-17-14-11-8-5-2,52-47-42-37-32-21-18-15-12-9-6-3)53-48-43-38-33-28-26-24-22-23-25-27-29-34-39-44-49-54(56)57/h22-23H,4-21,24-53H2,1-3H3/p+1/b23-22-. The second kappa shape index (κ2) is 47.8. The van der Waals surface area contributed by atoms with Crippen molar-refractivity contribution in [1.82, 2.24) is 0 Å². The van der Waals surface area contributed by atoms with E-state index in [-0.39, 0.29) is 0 Å². The lowest BCUT2D eigenvalue weighted by molar-refractivity contribution is -0.929. The predicted molar refractivity (Wildman–Crippen MR) is 257 cm³/mol. The molecule has 0 aliphatic rings. The predicted octanol–water partition coefficient (Wildman–Crippen LogP) is 18.7. The van der Waals surface area contributed by atoms with Crippen LogP contribution in [0.1, 0.15) is 303 Å². The highest BCUT2D eigenvalue weighted by molar-refractivity contribution is 5.66. The summed E-state index contributed by atoms with van der Waals surface area (Å²) in [5.74, 6) is -0.654. The number of rotatable bonds is 50. The van der Waals surface area contributed by atoms with Crippen molar-refractivity contribution in [3.63, 3.8) is 0 Å². The third-order valence-electron chi connectivity index (χ3n) is 13.1. The first-order valence-corrected chi connectivity index (χ1v) is 26.8. The Bertz CT molecular complexity index is 733. The maximum absolute atomic E-state index is 10.6. The molecule has 0 radical (unpaired) electrons. The summed E-state index contributed by atoms with van der Waals surface area (Å²) in [6.45, 7) is 12.8. The first kappa shape index (κ1) is 56.2. The molecule has 0 saturated carbocycles. The molecule has 340 valence electrons. The minimum absolute atomic E-state index is 0.332. The molecular formula is C54H108NO2+. The molecule has 0 aromatic carbocycles. The van der Waals surface area contributed by atoms with Crippen molar-refractivity contribution in [2.75, 3.05) is 26.2 Å². The molecule has 0 rings (SSSR count). The molecule has 0 bridgehead atoms. The van der Waals surface area contributed by atoms with E-state index < -0.39 is 5.97 Å². The third kappa shape index (κ3) is 44.5. The van der Waals surface area contributed by atoms with Gasteiger partial charge in [-0.05, 0) is 83.5 Å². The van der Waals surface area contributed by atoms with Gasteiger partial charge in [0.2, 0.25) is 0 Å². The van der Waals surface area contributed by atoms with Gasteiger partial charge in [-0.3, -0.25) is 4.79 Å². The van der Waals surface area contributed by atoms with Crippen LogP contribution in [0.15, 0.2) is 12.2 Å². The fourth-order valence-corrected chi connectivity index (χ4v) is 9.20. The molecule has 0 unspecified atom stereocenters. The second-order valence-electron chi connectivity index (χ2n) is 18.9. The van der Waals surface area contributed by atoms with E-state index in [0.29, 0.717) is 6.42 Å². The van der Waals surface area contributed by atoms with Crippen molar-refractivity contribution in [2.45, 2.75) is 303 Å². The molecule has 0 aliphatic heterocycles. The monoisotopic (exact) mass is 803 g/mol. The van der Waals surface area contributed by atoms with Gasteiger partial charge in [-0.25, -0.2) is 0 Å². The molecule has 0 aromatic heterocycles. The van der Waals surface area contributed by atoms with Gasteiger partial charge >= 0.3 is 5.97 Å². The molecule has 0 fully saturated rings. The molecule has 3 heteroatoms. The SMILES string of the molecule is CCCCCCCCCCCC[N+](CCCCCCCC/C=C\CCCCCCCC(=O)O)(CCCCCCCCCCCC)CCCCCCCCCCCC. The van der Waals surface area contributed by atoms with Crippen LogP contribution in [0.25, 0.3) is 0 Å². The van der Waals surface area contributed by atoms with Crippen molar-refractivity contribution in [1.29, 1.82) is 0 Å². The van der Waals surface area contributed by atoms with E-state index in [1.807, 2.05) is 0 Å². The van der Waals surface area contributed by atoms with Gasteiger partial charge in [-0.15, -0.1) is 0 Å². The smallest absolute Gasteiger partial charge is 0.303 e. The van der Waals surface area contributed by atoms with E-state index >= 15 is 0 Å². The van der Waals surface area contributed by atoms with E-state index in [9.17, 15) is 4.79 Å². The zero-order valence-corrected chi connectivity index (χ0v) is 39.9. The van der Waals surface area contributed by atoms with Crippen LogP contribution in [0.4, 0.5) is 0 Å². The Balaban J connectivity index is 4.82. The Morgan fingerprint density at radius 1 is 0.316 bits per heavy atom. The van der Waals surface area contributed by atoms with Crippen molar-refractivity contribution in [3.05, 3.63) is 12.2 Å². The van der Waals surface area contributed by atoms with E-state index in [1.165, 1.54) is 294 Å². The Morgan fingerprint density at radius 2 is 0.526 bits per heavy atom. The first-order chi connectivity index (χ1) is 28.1. The number of carboxylic acid groups (broad SMARTS) is 1. The Labute approximate surface area is 360 Å². The molecule has 0 amide bonds. The lowest BCUT2D eigenvalue weighted by atomic mass is 10.0. The molecule has 0 spiro atoms. The molecule has 0 saturated heterocycles. The quantitative estimate of drug-likeness (QED) is 0.0378. The molecule has 0 atom stereocenters. The molecule has 0 heterocycles. The molecule has 3 nitrogen and oxygen atoms in total. The molecule has 0 aromatic rings. The zero-order chi connectivity index (χ0) is 41.4. The van der Waals surface area contributed by atoms with Gasteiger partial charge in [0.05, 0.1) is 26.2 Å². The van der Waals surface area contributed by atoms with Crippen LogP contribution in [0, 0.1) is 0 Å². The van der Waals surface area contributed by atoms with E-state index in [0.717, 1.165) is 12.8 Å². The maximum atomic E-state index is 10.6. The van der Waals surface area contributed by atoms with Crippen LogP contribution in [0.5, 0.6) is 0 Å². The van der Waals surface area contributed by atoms with Crippen molar-refractivity contribution in [2.24, 2.45) is 0 Å². The average molecular weight is 803 g/mol. The van der Waals surface area contributed by atoms with Gasteiger partial charge in [0.15, 0.2) is 0 Å². The zero-order valence-electron chi connectivity index (χ0n) is 39.9. The Kier molecular flexibility index (Phi) is 47.1. The fourth-order valence-electron chi connectivity index (χ4n) is 9.20. The van der Waals surface area contributed by atoms with Gasteiger partial charge in [0, 0.05) is 6.42 Å². The minimum atomic E-state index is -0.654. The van der Waals surface area contributed by atoms with Crippen LogP contribution in [0.2, 0.25) is 0 Å². The highest BCUT2D eigenvalue weighted by atomic mass is 16.4. The van der Waals surface area contributed by atoms with Gasteiger partial charge in [-0.2, -0.15) is 0 Å². The van der Waals surface area contributed by atoms with Crippen LogP contribution < -0.4 is 0 Å². The van der Waals surface area contributed by atoms with Crippen LogP contribution in [-0.2, 0) is 4.79 Å². The summed E-state index contributed by atoms with van der Waals surface area (Å²) >= 11 is 0. The Hall–Kier alpha value is -0.830. The summed E-state index contributed by atoms with van der Waals surface area (Å²) in [4.78, 5) is 10.6. The second-order valence-corrected chi connectivity index (χ2v) is 18.9. The number of carboxylic acids is 1. The van der Waals surface area contributed by atoms with Gasteiger partial charge < -0.3 is 9.59 Å². The van der Waals surface area contributed by atoms with E-state index in [2.05, 4.69) is 32.9 Å². The largest absolute Gasteiger partial charge is 0.481 e. The van der Waals surface area contributed by atoms with Crippen molar-refractivity contribution in [3.8, 4) is 0 Å². The van der Waals surface area contributed by atoms with Crippen LogP contribution in [-0.4, -0.2) is 41.7 Å². The molecular weight excluding hydrogens is 695 g/mol. The summed E-state index contributed by atoms with van der Waals surface area (Å²) in [7, 11) is 0. The summed E-state index contributed by atoms with van der Waals surface area (Å²) in [6, 6.07) is 0. The number of aliphatic carboxylic acids is 1. The first-order valence-electron chi connectivity index (χ1n) is 26.8. The number of quaternary nitrogens is 1. The normalized spacial score (nSPS) is 12.1. The number of unbranched alkanes of at least 4 members (excludes halogenated alkanes) is 38. The molecule has 57 heavy (non-hydrogen) atoms. The van der Waals surface area contributed by atoms with Crippen molar-refractivity contribution < 1.29 is 14.4 Å². The maximum Gasteiger partial charge on any atom is 0.303 e. The number of hydrogen-bond donors (Lipinski definition) is 1. The number of nitrogens with zero attached hydrogens (tertiary/aromatic N) is 1. The lowest BCUT2D eigenvalue weighted by Crippen LogP contribution is -2.50. The summed E-state index contributed by atoms with van der Waals surface area (Å²) < 4.78 is 1.46. The fraction of sp³-hybridized carbons (Fsp3) is 0.944. The van der Waals surface area contributed by atoms with Gasteiger partial charge in [0.25, 0.3) is 0 Å². The number of carbonyl (C=O) groups is 1. The molecule has 0 aliphatic carbocycles. The van der Waals surface area contributed by atoms with E-state index in [1.54, 1.807) is 0 Å². The number of hydrogen-bond acceptors (Lipinski definition) is 1. The average Bonchev–Trinajstić information content (AvgIpc) is 3.21. The van der Waals surface area contributed by atoms with E-state index in [4.69, 9.17) is 5.11 Å². The number of allylic oxidation sites excluding steroid dienone is 2.